The Kier molecular flexibility index (Phi) is 4.47. The van der Waals surface area contributed by atoms with Gasteiger partial charge in [0.15, 0.2) is 0 Å². The Morgan fingerprint density at radius 2 is 1.88 bits per heavy atom. The summed E-state index contributed by atoms with van der Waals surface area (Å²) in [5, 5.41) is 24.8. The van der Waals surface area contributed by atoms with E-state index in [0.29, 0.717) is 6.04 Å². The zero-order chi connectivity index (χ0) is 18.1. The lowest BCUT2D eigenvalue weighted by Gasteiger charge is -2.30. The van der Waals surface area contributed by atoms with Crippen LogP contribution >= 0.6 is 0 Å². The molecular formula is C21H24N4O. The van der Waals surface area contributed by atoms with E-state index in [1.807, 2.05) is 43.3 Å². The molecule has 0 bridgehead atoms. The minimum absolute atomic E-state index is 0.232. The van der Waals surface area contributed by atoms with E-state index in [4.69, 9.17) is 0 Å². The smallest absolute Gasteiger partial charge is 0.149 e. The molecule has 5 nitrogen and oxygen atoms in total. The first kappa shape index (κ1) is 16.8. The van der Waals surface area contributed by atoms with Crippen molar-refractivity contribution in [3.8, 4) is 17.0 Å². The number of anilines is 1. The number of likely N-dealkylation sites (tertiary alicyclic amines) is 1. The van der Waals surface area contributed by atoms with Crippen LogP contribution in [0.1, 0.15) is 18.4 Å². The summed E-state index contributed by atoms with van der Waals surface area (Å²) >= 11 is 0. The monoisotopic (exact) mass is 348 g/mol. The molecule has 0 radical (unpaired) electrons. The predicted molar refractivity (Wildman–Crippen MR) is 106 cm³/mol. The summed E-state index contributed by atoms with van der Waals surface area (Å²) in [5.74, 6) is 1.03. The normalized spacial score (nSPS) is 18.2. The van der Waals surface area contributed by atoms with E-state index in [2.05, 4.69) is 27.5 Å². The molecule has 1 atom stereocenters. The molecule has 1 aromatic heterocycles. The number of benzene rings is 2. The average molecular weight is 348 g/mol. The average Bonchev–Trinajstić information content (AvgIpc) is 2.62. The molecule has 0 aliphatic carbocycles. The van der Waals surface area contributed by atoms with E-state index in [-0.39, 0.29) is 5.75 Å². The van der Waals surface area contributed by atoms with E-state index in [0.717, 1.165) is 52.9 Å². The lowest BCUT2D eigenvalue weighted by atomic mass is 10.0. The fraction of sp³-hybridized carbons (Fsp3) is 0.333. The predicted octanol–water partition coefficient (Wildman–Crippen LogP) is 3.82. The third kappa shape index (κ3) is 3.35. The van der Waals surface area contributed by atoms with Crippen molar-refractivity contribution in [3.63, 3.8) is 0 Å². The number of likely N-dealkylation sites (N-methyl/N-ethyl adjacent to an activating group) is 1. The summed E-state index contributed by atoms with van der Waals surface area (Å²) < 4.78 is 0. The second kappa shape index (κ2) is 6.92. The number of aromatic nitrogens is 2. The van der Waals surface area contributed by atoms with Gasteiger partial charge in [0, 0.05) is 18.2 Å². The summed E-state index contributed by atoms with van der Waals surface area (Å²) in [6, 6.07) is 14.2. The number of phenols is 1. The Labute approximate surface area is 153 Å². The number of hydrogen-bond donors (Lipinski definition) is 2. The lowest BCUT2D eigenvalue weighted by Crippen LogP contribution is -2.39. The zero-order valence-corrected chi connectivity index (χ0v) is 15.2. The van der Waals surface area contributed by atoms with E-state index < -0.39 is 0 Å². The van der Waals surface area contributed by atoms with Crippen LogP contribution in [0.15, 0.2) is 42.5 Å². The fourth-order valence-corrected chi connectivity index (χ4v) is 3.73. The highest BCUT2D eigenvalue weighted by Crippen LogP contribution is 2.34. The first-order valence-corrected chi connectivity index (χ1v) is 9.12. The number of rotatable bonds is 3. The van der Waals surface area contributed by atoms with Gasteiger partial charge >= 0.3 is 0 Å². The highest BCUT2D eigenvalue weighted by atomic mass is 16.3. The van der Waals surface area contributed by atoms with Crippen LogP contribution in [0.2, 0.25) is 0 Å². The molecule has 134 valence electrons. The van der Waals surface area contributed by atoms with Gasteiger partial charge in [-0.25, -0.2) is 0 Å². The van der Waals surface area contributed by atoms with Gasteiger partial charge in [-0.15, -0.1) is 10.2 Å². The van der Waals surface area contributed by atoms with Crippen LogP contribution in [0.5, 0.6) is 5.75 Å². The SMILES string of the molecule is Cc1cc(N[C@H]2CCCN(C)C2)nnc1-c1cc2ccccc2cc1O. The Morgan fingerprint density at radius 3 is 2.62 bits per heavy atom. The van der Waals surface area contributed by atoms with Crippen molar-refractivity contribution < 1.29 is 5.11 Å². The van der Waals surface area contributed by atoms with Gasteiger partial charge in [0.25, 0.3) is 0 Å². The van der Waals surface area contributed by atoms with Crippen molar-refractivity contribution in [2.75, 3.05) is 25.5 Å². The van der Waals surface area contributed by atoms with Gasteiger partial charge < -0.3 is 15.3 Å². The molecule has 4 rings (SSSR count). The topological polar surface area (TPSA) is 61.3 Å². The molecule has 0 amide bonds. The van der Waals surface area contributed by atoms with Crippen molar-refractivity contribution >= 4 is 16.6 Å². The van der Waals surface area contributed by atoms with Crippen LogP contribution in [0.4, 0.5) is 5.82 Å². The highest BCUT2D eigenvalue weighted by Gasteiger charge is 2.18. The second-order valence-electron chi connectivity index (χ2n) is 7.22. The Hall–Kier alpha value is -2.66. The molecule has 1 aliphatic rings. The molecule has 5 heteroatoms. The highest BCUT2D eigenvalue weighted by molar-refractivity contribution is 5.90. The Balaban J connectivity index is 1.63. The first-order chi connectivity index (χ1) is 12.6. The van der Waals surface area contributed by atoms with Crippen molar-refractivity contribution in [3.05, 3.63) is 48.0 Å². The molecule has 1 saturated heterocycles. The number of fused-ring (bicyclic) bond motifs is 1. The number of hydrogen-bond acceptors (Lipinski definition) is 5. The van der Waals surface area contributed by atoms with E-state index in [1.54, 1.807) is 6.07 Å². The second-order valence-corrected chi connectivity index (χ2v) is 7.22. The van der Waals surface area contributed by atoms with Gasteiger partial charge in [-0.05, 0) is 67.9 Å². The standard InChI is InChI=1S/C21H24N4O/c1-14-10-20(22-17-8-5-9-25(2)13-17)23-24-21(14)18-11-15-6-3-4-7-16(15)12-19(18)26/h3-4,6-7,10-12,17,26H,5,8-9,13H2,1-2H3,(H,22,23)/t17-/m0/s1. The number of piperidine rings is 1. The van der Waals surface area contributed by atoms with Gasteiger partial charge in [0.1, 0.15) is 11.6 Å². The maximum Gasteiger partial charge on any atom is 0.149 e. The summed E-state index contributed by atoms with van der Waals surface area (Å²) in [6.07, 6.45) is 2.35. The van der Waals surface area contributed by atoms with Crippen LogP contribution in [0.25, 0.3) is 22.0 Å². The summed E-state index contributed by atoms with van der Waals surface area (Å²) in [5.41, 5.74) is 2.44. The van der Waals surface area contributed by atoms with Crippen molar-refractivity contribution in [1.82, 2.24) is 15.1 Å². The molecule has 0 unspecified atom stereocenters. The van der Waals surface area contributed by atoms with Crippen molar-refractivity contribution in [2.24, 2.45) is 0 Å². The maximum atomic E-state index is 10.5. The minimum Gasteiger partial charge on any atom is -0.507 e. The third-order valence-corrected chi connectivity index (χ3v) is 5.08. The molecule has 26 heavy (non-hydrogen) atoms. The van der Waals surface area contributed by atoms with Crippen LogP contribution in [0, 0.1) is 6.92 Å². The lowest BCUT2D eigenvalue weighted by molar-refractivity contribution is 0.260. The number of phenolic OH excluding ortho intramolecular Hbond substituents is 1. The quantitative estimate of drug-likeness (QED) is 0.753. The van der Waals surface area contributed by atoms with Crippen molar-refractivity contribution in [1.29, 1.82) is 0 Å². The fourth-order valence-electron chi connectivity index (χ4n) is 3.73. The van der Waals surface area contributed by atoms with E-state index in [9.17, 15) is 5.11 Å². The van der Waals surface area contributed by atoms with E-state index in [1.165, 1.54) is 6.42 Å². The van der Waals surface area contributed by atoms with E-state index >= 15 is 0 Å². The summed E-state index contributed by atoms with van der Waals surface area (Å²) in [7, 11) is 2.15. The van der Waals surface area contributed by atoms with Gasteiger partial charge in [-0.1, -0.05) is 24.3 Å². The summed E-state index contributed by atoms with van der Waals surface area (Å²) in [6.45, 7) is 4.19. The van der Waals surface area contributed by atoms with Crippen LogP contribution < -0.4 is 5.32 Å². The van der Waals surface area contributed by atoms with Gasteiger partial charge in [0.05, 0.1) is 5.69 Å². The molecule has 0 spiro atoms. The van der Waals surface area contributed by atoms with Crippen molar-refractivity contribution in [2.45, 2.75) is 25.8 Å². The zero-order valence-electron chi connectivity index (χ0n) is 15.2. The largest absolute Gasteiger partial charge is 0.507 e. The Bertz CT molecular complexity index is 940. The van der Waals surface area contributed by atoms with Gasteiger partial charge in [-0.2, -0.15) is 0 Å². The van der Waals surface area contributed by atoms with Crippen LogP contribution in [-0.4, -0.2) is 46.4 Å². The molecule has 1 fully saturated rings. The van der Waals surface area contributed by atoms with Gasteiger partial charge in [-0.3, -0.25) is 0 Å². The van der Waals surface area contributed by atoms with Gasteiger partial charge in [0.2, 0.25) is 0 Å². The minimum atomic E-state index is 0.232. The molecule has 2 heterocycles. The maximum absolute atomic E-state index is 10.5. The molecular weight excluding hydrogens is 324 g/mol. The molecule has 2 aromatic carbocycles. The van der Waals surface area contributed by atoms with Crippen LogP contribution in [0.3, 0.4) is 0 Å². The molecule has 2 N–H and O–H groups in total. The third-order valence-electron chi connectivity index (χ3n) is 5.08. The molecule has 3 aromatic rings. The molecule has 0 saturated carbocycles. The number of nitrogens with zero attached hydrogens (tertiary/aromatic N) is 3. The van der Waals surface area contributed by atoms with Crippen LogP contribution in [-0.2, 0) is 0 Å². The Morgan fingerprint density at radius 1 is 1.12 bits per heavy atom. The molecule has 1 aliphatic heterocycles. The number of aromatic hydroxyl groups is 1. The number of aryl methyl sites for hydroxylation is 1. The summed E-state index contributed by atoms with van der Waals surface area (Å²) in [4.78, 5) is 2.34. The first-order valence-electron chi connectivity index (χ1n) is 9.12. The number of nitrogens with one attached hydrogen (secondary N) is 1.